The van der Waals surface area contributed by atoms with Gasteiger partial charge in [0.1, 0.15) is 0 Å². The van der Waals surface area contributed by atoms with Crippen LogP contribution >= 0.6 is 0 Å². The number of ether oxygens (including phenoxy) is 1. The first-order valence-corrected chi connectivity index (χ1v) is 6.97. The Morgan fingerprint density at radius 1 is 1.32 bits per heavy atom. The minimum atomic E-state index is 0.265. The summed E-state index contributed by atoms with van der Waals surface area (Å²) in [4.78, 5) is 10.8. The molecule has 0 unspecified atom stereocenters. The summed E-state index contributed by atoms with van der Waals surface area (Å²) in [5.74, 6) is 0.742. The van der Waals surface area contributed by atoms with Gasteiger partial charge in [-0.2, -0.15) is 0 Å². The summed E-state index contributed by atoms with van der Waals surface area (Å²) in [5, 5.41) is 3.33. The van der Waals surface area contributed by atoms with Gasteiger partial charge in [0.05, 0.1) is 12.7 Å². The van der Waals surface area contributed by atoms with Crippen molar-refractivity contribution in [2.75, 3.05) is 31.6 Å². The van der Waals surface area contributed by atoms with E-state index in [1.807, 2.05) is 38.2 Å². The van der Waals surface area contributed by atoms with Gasteiger partial charge in [-0.05, 0) is 26.8 Å². The van der Waals surface area contributed by atoms with E-state index in [0.717, 1.165) is 37.6 Å². The third kappa shape index (κ3) is 6.50. The number of hydrogen-bond acceptors (Lipinski definition) is 5. The van der Waals surface area contributed by atoms with Crippen LogP contribution in [0.4, 0.5) is 5.95 Å². The minimum Gasteiger partial charge on any atom is -0.377 e. The van der Waals surface area contributed by atoms with Gasteiger partial charge in [0.15, 0.2) is 0 Å². The highest BCUT2D eigenvalue weighted by molar-refractivity contribution is 5.28. The lowest BCUT2D eigenvalue weighted by Gasteiger charge is -2.17. The molecule has 108 valence electrons. The van der Waals surface area contributed by atoms with Crippen LogP contribution in [0.5, 0.6) is 0 Å². The molecule has 19 heavy (non-hydrogen) atoms. The first kappa shape index (κ1) is 15.9. The molecule has 0 aromatic carbocycles. The van der Waals surface area contributed by atoms with Gasteiger partial charge in [0, 0.05) is 38.1 Å². The van der Waals surface area contributed by atoms with Crippen molar-refractivity contribution in [3.05, 3.63) is 18.0 Å². The van der Waals surface area contributed by atoms with E-state index < -0.39 is 0 Å². The van der Waals surface area contributed by atoms with E-state index in [1.54, 1.807) is 0 Å². The summed E-state index contributed by atoms with van der Waals surface area (Å²) in [6.07, 6.45) is 5.16. The van der Waals surface area contributed by atoms with Gasteiger partial charge in [-0.25, -0.2) is 9.97 Å². The maximum absolute atomic E-state index is 5.52. The number of rotatable bonds is 9. The topological polar surface area (TPSA) is 50.3 Å². The Morgan fingerprint density at radius 3 is 2.58 bits per heavy atom. The van der Waals surface area contributed by atoms with Crippen molar-refractivity contribution in [2.24, 2.45) is 0 Å². The van der Waals surface area contributed by atoms with E-state index in [0.29, 0.717) is 6.61 Å². The molecule has 0 amide bonds. The largest absolute Gasteiger partial charge is 0.377 e. The molecule has 0 fully saturated rings. The van der Waals surface area contributed by atoms with Gasteiger partial charge in [0.25, 0.3) is 0 Å². The zero-order chi connectivity index (χ0) is 14.1. The zero-order valence-electron chi connectivity index (χ0n) is 12.5. The highest BCUT2D eigenvalue weighted by Crippen LogP contribution is 2.05. The Morgan fingerprint density at radius 2 is 2.00 bits per heavy atom. The molecule has 1 aromatic rings. The lowest BCUT2D eigenvalue weighted by Crippen LogP contribution is -2.25. The standard InChI is InChI=1S/C14H26N4O/c1-5-6-15-9-13-10-16-14(17-11-13)18(4)7-8-19-12(2)3/h10-12,15H,5-9H2,1-4H3. The highest BCUT2D eigenvalue weighted by Gasteiger charge is 2.04. The maximum atomic E-state index is 5.52. The van der Waals surface area contributed by atoms with Crippen LogP contribution in [0.15, 0.2) is 12.4 Å². The number of likely N-dealkylation sites (N-methyl/N-ethyl adjacent to an activating group) is 1. The summed E-state index contributed by atoms with van der Waals surface area (Å²) in [6, 6.07) is 0. The second-order valence-corrected chi connectivity index (χ2v) is 4.91. The Bertz CT molecular complexity index is 340. The van der Waals surface area contributed by atoms with Gasteiger partial charge < -0.3 is 15.0 Å². The SMILES string of the molecule is CCCNCc1cnc(N(C)CCOC(C)C)nc1. The van der Waals surface area contributed by atoms with Crippen molar-refractivity contribution in [2.45, 2.75) is 39.8 Å². The monoisotopic (exact) mass is 266 g/mol. The third-order valence-corrected chi connectivity index (χ3v) is 2.67. The molecule has 0 radical (unpaired) electrons. The van der Waals surface area contributed by atoms with Crippen LogP contribution < -0.4 is 10.2 Å². The van der Waals surface area contributed by atoms with Crippen LogP contribution in [-0.2, 0) is 11.3 Å². The molecule has 0 aliphatic rings. The molecular formula is C14H26N4O. The van der Waals surface area contributed by atoms with E-state index in [4.69, 9.17) is 4.74 Å². The van der Waals surface area contributed by atoms with Crippen molar-refractivity contribution in [1.29, 1.82) is 0 Å². The molecule has 0 atom stereocenters. The molecule has 1 heterocycles. The van der Waals surface area contributed by atoms with Gasteiger partial charge in [-0.3, -0.25) is 0 Å². The smallest absolute Gasteiger partial charge is 0.225 e. The molecule has 0 saturated carbocycles. The quantitative estimate of drug-likeness (QED) is 0.691. The van der Waals surface area contributed by atoms with E-state index in [9.17, 15) is 0 Å². The number of anilines is 1. The van der Waals surface area contributed by atoms with Crippen LogP contribution in [0.1, 0.15) is 32.8 Å². The Hall–Kier alpha value is -1.20. The highest BCUT2D eigenvalue weighted by atomic mass is 16.5. The fourth-order valence-electron chi connectivity index (χ4n) is 1.57. The zero-order valence-corrected chi connectivity index (χ0v) is 12.5. The maximum Gasteiger partial charge on any atom is 0.225 e. The molecule has 1 N–H and O–H groups in total. The predicted octanol–water partition coefficient (Wildman–Crippen LogP) is 1.84. The van der Waals surface area contributed by atoms with Gasteiger partial charge >= 0.3 is 0 Å². The molecule has 1 aromatic heterocycles. The summed E-state index contributed by atoms with van der Waals surface area (Å²) in [7, 11) is 1.98. The van der Waals surface area contributed by atoms with Crippen molar-refractivity contribution in [1.82, 2.24) is 15.3 Å². The fourth-order valence-corrected chi connectivity index (χ4v) is 1.57. The van der Waals surface area contributed by atoms with Gasteiger partial charge in [-0.1, -0.05) is 6.92 Å². The molecule has 5 heteroatoms. The molecule has 1 rings (SSSR count). The van der Waals surface area contributed by atoms with Crippen molar-refractivity contribution < 1.29 is 4.74 Å². The van der Waals surface area contributed by atoms with Crippen LogP contribution in [0.25, 0.3) is 0 Å². The van der Waals surface area contributed by atoms with Gasteiger partial charge in [0.2, 0.25) is 5.95 Å². The van der Waals surface area contributed by atoms with Crippen LogP contribution in [0.2, 0.25) is 0 Å². The van der Waals surface area contributed by atoms with Crippen LogP contribution in [0, 0.1) is 0 Å². The van der Waals surface area contributed by atoms with Crippen LogP contribution in [-0.4, -0.2) is 42.8 Å². The second-order valence-electron chi connectivity index (χ2n) is 4.91. The molecule has 0 bridgehead atoms. The Kier molecular flexibility index (Phi) is 7.36. The lowest BCUT2D eigenvalue weighted by atomic mass is 10.3. The van der Waals surface area contributed by atoms with E-state index in [2.05, 4.69) is 22.2 Å². The Labute approximate surface area is 116 Å². The van der Waals surface area contributed by atoms with Crippen LogP contribution in [0.3, 0.4) is 0 Å². The summed E-state index contributed by atoms with van der Waals surface area (Å²) in [6.45, 7) is 9.56. The number of aromatic nitrogens is 2. The Balaban J connectivity index is 2.37. The number of hydrogen-bond donors (Lipinski definition) is 1. The van der Waals surface area contributed by atoms with Crippen molar-refractivity contribution >= 4 is 5.95 Å². The first-order chi connectivity index (χ1) is 9.13. The summed E-state index contributed by atoms with van der Waals surface area (Å²) < 4.78 is 5.52. The summed E-state index contributed by atoms with van der Waals surface area (Å²) >= 11 is 0. The predicted molar refractivity (Wildman–Crippen MR) is 78.4 cm³/mol. The fraction of sp³-hybridized carbons (Fsp3) is 0.714. The second kappa shape index (κ2) is 8.82. The molecule has 0 saturated heterocycles. The van der Waals surface area contributed by atoms with Crippen molar-refractivity contribution in [3.63, 3.8) is 0 Å². The van der Waals surface area contributed by atoms with Gasteiger partial charge in [-0.15, -0.1) is 0 Å². The molecular weight excluding hydrogens is 240 g/mol. The minimum absolute atomic E-state index is 0.265. The number of nitrogens with zero attached hydrogens (tertiary/aromatic N) is 3. The average Bonchev–Trinajstić information content (AvgIpc) is 2.39. The van der Waals surface area contributed by atoms with Crippen molar-refractivity contribution in [3.8, 4) is 0 Å². The van der Waals surface area contributed by atoms with E-state index in [-0.39, 0.29) is 6.10 Å². The summed E-state index contributed by atoms with van der Waals surface area (Å²) in [5.41, 5.74) is 1.11. The normalized spacial score (nSPS) is 11.0. The lowest BCUT2D eigenvalue weighted by molar-refractivity contribution is 0.0844. The molecule has 0 spiro atoms. The molecule has 0 aliphatic carbocycles. The third-order valence-electron chi connectivity index (χ3n) is 2.67. The molecule has 5 nitrogen and oxygen atoms in total. The number of nitrogens with one attached hydrogen (secondary N) is 1. The van der Waals surface area contributed by atoms with E-state index in [1.165, 1.54) is 0 Å². The first-order valence-electron chi connectivity index (χ1n) is 6.97. The molecule has 0 aliphatic heterocycles. The van der Waals surface area contributed by atoms with E-state index >= 15 is 0 Å². The average molecular weight is 266 g/mol.